The van der Waals surface area contributed by atoms with Crippen LogP contribution in [-0.2, 0) is 0 Å². The minimum atomic E-state index is 0.171. The fourth-order valence-corrected chi connectivity index (χ4v) is 1.10. The number of hydrogen-bond donors (Lipinski definition) is 0. The molecule has 0 aromatic heterocycles. The average Bonchev–Trinajstić information content (AvgIpc) is 2.14. The van der Waals surface area contributed by atoms with Crippen LogP contribution >= 0.6 is 0 Å². The van der Waals surface area contributed by atoms with Gasteiger partial charge in [0.25, 0.3) is 0 Å². The molecule has 14 heavy (non-hydrogen) atoms. The zero-order valence-electron chi connectivity index (χ0n) is 8.40. The first-order valence-corrected chi connectivity index (χ1v) is 4.55. The second-order valence-electron chi connectivity index (χ2n) is 3.20. The van der Waals surface area contributed by atoms with Crippen molar-refractivity contribution in [2.24, 2.45) is 0 Å². The van der Waals surface area contributed by atoms with E-state index in [2.05, 4.69) is 0 Å². The summed E-state index contributed by atoms with van der Waals surface area (Å²) in [6, 6.07) is 9.62. The Morgan fingerprint density at radius 1 is 1.43 bits per heavy atom. The Hall–Kier alpha value is -1.75. The average molecular weight is 187 g/mol. The lowest BCUT2D eigenvalue weighted by Crippen LogP contribution is -2.05. The molecule has 1 aromatic carbocycles. The highest BCUT2D eigenvalue weighted by molar-refractivity contribution is 5.53. The Kier molecular flexibility index (Phi) is 3.75. The molecular formula is C12H13NO. The summed E-state index contributed by atoms with van der Waals surface area (Å²) in [4.78, 5) is 0. The van der Waals surface area contributed by atoms with Gasteiger partial charge in [0.2, 0.25) is 0 Å². The molecule has 72 valence electrons. The highest BCUT2D eigenvalue weighted by Gasteiger charge is 1.96. The van der Waals surface area contributed by atoms with Gasteiger partial charge in [0.1, 0.15) is 5.75 Å². The minimum Gasteiger partial charge on any atom is -0.491 e. The van der Waals surface area contributed by atoms with Gasteiger partial charge in [-0.25, -0.2) is 0 Å². The first-order chi connectivity index (χ1) is 6.72. The van der Waals surface area contributed by atoms with Crippen LogP contribution in [0.4, 0.5) is 0 Å². The van der Waals surface area contributed by atoms with Crippen molar-refractivity contribution in [2.45, 2.75) is 20.0 Å². The molecular weight excluding hydrogens is 174 g/mol. The molecule has 0 fully saturated rings. The summed E-state index contributed by atoms with van der Waals surface area (Å²) in [6.07, 6.45) is 3.38. The van der Waals surface area contributed by atoms with Crippen LogP contribution in [-0.4, -0.2) is 6.10 Å². The van der Waals surface area contributed by atoms with E-state index in [-0.39, 0.29) is 6.10 Å². The summed E-state index contributed by atoms with van der Waals surface area (Å²) in [7, 11) is 0. The Labute approximate surface area is 84.4 Å². The summed E-state index contributed by atoms with van der Waals surface area (Å²) < 4.78 is 5.52. The maximum Gasteiger partial charge on any atom is 0.120 e. The van der Waals surface area contributed by atoms with Crippen LogP contribution in [0.5, 0.6) is 5.75 Å². The number of nitrogens with zero attached hydrogens (tertiary/aromatic N) is 1. The molecule has 2 heteroatoms. The van der Waals surface area contributed by atoms with E-state index < -0.39 is 0 Å². The van der Waals surface area contributed by atoms with E-state index in [0.29, 0.717) is 0 Å². The van der Waals surface area contributed by atoms with Crippen molar-refractivity contribution in [3.8, 4) is 11.8 Å². The number of benzene rings is 1. The van der Waals surface area contributed by atoms with Crippen LogP contribution in [0.2, 0.25) is 0 Å². The number of ether oxygens (including phenoxy) is 1. The van der Waals surface area contributed by atoms with Gasteiger partial charge in [-0.15, -0.1) is 0 Å². The second kappa shape index (κ2) is 5.08. The van der Waals surface area contributed by atoms with Crippen LogP contribution in [0, 0.1) is 11.3 Å². The quantitative estimate of drug-likeness (QED) is 0.681. The summed E-state index contributed by atoms with van der Waals surface area (Å²) in [5.41, 5.74) is 0.977. The SMILES string of the molecule is CC(C)Oc1cccc(C=CC#N)c1. The third-order valence-electron chi connectivity index (χ3n) is 1.58. The van der Waals surface area contributed by atoms with Crippen LogP contribution in [0.25, 0.3) is 6.08 Å². The standard InChI is InChI=1S/C12H13NO/c1-10(2)14-12-7-3-5-11(9-12)6-4-8-13/h3-7,9-10H,1-2H3. The number of rotatable bonds is 3. The van der Waals surface area contributed by atoms with Gasteiger partial charge >= 0.3 is 0 Å². The topological polar surface area (TPSA) is 33.0 Å². The smallest absolute Gasteiger partial charge is 0.120 e. The molecule has 0 atom stereocenters. The second-order valence-corrected chi connectivity index (χ2v) is 3.20. The molecule has 0 spiro atoms. The van der Waals surface area contributed by atoms with E-state index in [9.17, 15) is 0 Å². The molecule has 0 radical (unpaired) electrons. The zero-order chi connectivity index (χ0) is 10.4. The Balaban J connectivity index is 2.80. The van der Waals surface area contributed by atoms with Gasteiger partial charge in [0.05, 0.1) is 12.2 Å². The van der Waals surface area contributed by atoms with Crippen molar-refractivity contribution < 1.29 is 4.74 Å². The molecule has 0 heterocycles. The third-order valence-corrected chi connectivity index (χ3v) is 1.58. The minimum absolute atomic E-state index is 0.171. The molecule has 0 amide bonds. The Morgan fingerprint density at radius 3 is 2.86 bits per heavy atom. The number of nitriles is 1. The summed E-state index contributed by atoms with van der Waals surface area (Å²) >= 11 is 0. The Bertz CT molecular complexity index is 361. The molecule has 0 unspecified atom stereocenters. The predicted octanol–water partition coefficient (Wildman–Crippen LogP) is 3.01. The normalized spacial score (nSPS) is 10.4. The monoisotopic (exact) mass is 187 g/mol. The van der Waals surface area contributed by atoms with E-state index in [0.717, 1.165) is 11.3 Å². The number of allylic oxidation sites excluding steroid dienone is 1. The van der Waals surface area contributed by atoms with Crippen LogP contribution in [0.3, 0.4) is 0 Å². The van der Waals surface area contributed by atoms with Crippen molar-refractivity contribution in [1.29, 1.82) is 5.26 Å². The summed E-state index contributed by atoms with van der Waals surface area (Å²) in [5, 5.41) is 8.37. The lowest BCUT2D eigenvalue weighted by Gasteiger charge is -2.09. The maximum absolute atomic E-state index is 8.37. The van der Waals surface area contributed by atoms with Gasteiger partial charge in [-0.05, 0) is 37.6 Å². The zero-order valence-corrected chi connectivity index (χ0v) is 8.40. The van der Waals surface area contributed by atoms with Crippen molar-refractivity contribution in [3.05, 3.63) is 35.9 Å². The molecule has 1 rings (SSSR count). The van der Waals surface area contributed by atoms with Crippen LogP contribution in [0.15, 0.2) is 30.3 Å². The number of hydrogen-bond acceptors (Lipinski definition) is 2. The van der Waals surface area contributed by atoms with Crippen molar-refractivity contribution >= 4 is 6.08 Å². The predicted molar refractivity (Wildman–Crippen MR) is 56.9 cm³/mol. The fraction of sp³-hybridized carbons (Fsp3) is 0.250. The van der Waals surface area contributed by atoms with Gasteiger partial charge in [-0.2, -0.15) is 5.26 Å². The molecule has 0 saturated carbocycles. The van der Waals surface area contributed by atoms with Gasteiger partial charge in [-0.1, -0.05) is 12.1 Å². The van der Waals surface area contributed by atoms with Crippen molar-refractivity contribution in [1.82, 2.24) is 0 Å². The Morgan fingerprint density at radius 2 is 2.21 bits per heavy atom. The maximum atomic E-state index is 8.37. The van der Waals surface area contributed by atoms with Gasteiger partial charge < -0.3 is 4.74 Å². The lowest BCUT2D eigenvalue weighted by molar-refractivity contribution is 0.242. The first kappa shape index (κ1) is 10.3. The van der Waals surface area contributed by atoms with Crippen molar-refractivity contribution in [2.75, 3.05) is 0 Å². The van der Waals surface area contributed by atoms with Crippen LogP contribution in [0.1, 0.15) is 19.4 Å². The molecule has 2 nitrogen and oxygen atoms in total. The van der Waals surface area contributed by atoms with Gasteiger partial charge in [-0.3, -0.25) is 0 Å². The molecule has 0 aliphatic carbocycles. The third kappa shape index (κ3) is 3.32. The molecule has 0 N–H and O–H groups in total. The van der Waals surface area contributed by atoms with Crippen molar-refractivity contribution in [3.63, 3.8) is 0 Å². The van der Waals surface area contributed by atoms with E-state index in [4.69, 9.17) is 10.00 Å². The molecule has 0 aliphatic rings. The van der Waals surface area contributed by atoms with Crippen LogP contribution < -0.4 is 4.74 Å². The molecule has 0 bridgehead atoms. The lowest BCUT2D eigenvalue weighted by atomic mass is 10.2. The summed E-state index contributed by atoms with van der Waals surface area (Å²) in [5.74, 6) is 0.833. The van der Waals surface area contributed by atoms with E-state index in [1.807, 2.05) is 44.2 Å². The van der Waals surface area contributed by atoms with Gasteiger partial charge in [0.15, 0.2) is 0 Å². The van der Waals surface area contributed by atoms with Gasteiger partial charge in [0, 0.05) is 6.08 Å². The largest absolute Gasteiger partial charge is 0.491 e. The highest BCUT2D eigenvalue weighted by atomic mass is 16.5. The van der Waals surface area contributed by atoms with E-state index >= 15 is 0 Å². The highest BCUT2D eigenvalue weighted by Crippen LogP contribution is 2.15. The molecule has 0 saturated heterocycles. The molecule has 1 aromatic rings. The van der Waals surface area contributed by atoms with E-state index in [1.165, 1.54) is 6.08 Å². The molecule has 0 aliphatic heterocycles. The fourth-order valence-electron chi connectivity index (χ4n) is 1.10. The van der Waals surface area contributed by atoms with E-state index in [1.54, 1.807) is 6.08 Å². The first-order valence-electron chi connectivity index (χ1n) is 4.55. The summed E-state index contributed by atoms with van der Waals surface area (Å²) in [6.45, 7) is 3.97.